The lowest BCUT2D eigenvalue weighted by Gasteiger charge is -2.20. The summed E-state index contributed by atoms with van der Waals surface area (Å²) in [5, 5.41) is 19.0. The number of allylic oxidation sites excluding steroid dienone is 6. The summed E-state index contributed by atoms with van der Waals surface area (Å²) in [5.41, 5.74) is 0. The van der Waals surface area contributed by atoms with Gasteiger partial charge in [0.2, 0.25) is 0 Å². The minimum Gasteiger partial charge on any atom is -0.457 e. The summed E-state index contributed by atoms with van der Waals surface area (Å²) in [5.74, 6) is -1.04. The zero-order chi connectivity index (χ0) is 35.6. The van der Waals surface area contributed by atoms with Crippen LogP contribution in [0.1, 0.15) is 149 Å². The summed E-state index contributed by atoms with van der Waals surface area (Å²) < 4.78 is 32.4. The molecule has 0 saturated heterocycles. The summed E-state index contributed by atoms with van der Waals surface area (Å²) in [6.07, 6.45) is 31.3. The first kappa shape index (κ1) is 46.2. The molecule has 0 aliphatic carbocycles. The van der Waals surface area contributed by atoms with Gasteiger partial charge in [0.1, 0.15) is 12.2 Å². The highest BCUT2D eigenvalue weighted by Crippen LogP contribution is 2.43. The van der Waals surface area contributed by atoms with Crippen LogP contribution in [0.2, 0.25) is 0 Å². The van der Waals surface area contributed by atoms with E-state index in [9.17, 15) is 29.3 Å². The number of carbonyl (C=O) groups is 2. The Hall–Kier alpha value is -1.81. The molecule has 0 heterocycles. The average molecular weight is 703 g/mol. The first-order valence-corrected chi connectivity index (χ1v) is 19.9. The predicted molar refractivity (Wildman–Crippen MR) is 191 cm³/mol. The van der Waals surface area contributed by atoms with Crippen LogP contribution in [0.3, 0.4) is 0 Å². The normalized spacial score (nSPS) is 14.5. The molecule has 3 atom stereocenters. The second-order valence-electron chi connectivity index (χ2n) is 12.2. The van der Waals surface area contributed by atoms with Crippen molar-refractivity contribution in [2.45, 2.75) is 161 Å². The Balaban J connectivity index is 4.02. The molecule has 48 heavy (non-hydrogen) atoms. The quantitative estimate of drug-likeness (QED) is 0.0257. The molecule has 0 aromatic carbocycles. The third-order valence-corrected chi connectivity index (χ3v) is 8.57. The van der Waals surface area contributed by atoms with E-state index in [2.05, 4.69) is 50.3 Å². The third-order valence-electron chi connectivity index (χ3n) is 7.62. The Bertz CT molecular complexity index is 905. The minimum absolute atomic E-state index is 0.173. The van der Waals surface area contributed by atoms with E-state index in [1.165, 1.54) is 38.5 Å². The number of rotatable bonds is 34. The molecule has 11 heteroatoms. The number of phosphoric acid groups is 1. The maximum atomic E-state index is 12.3. The summed E-state index contributed by atoms with van der Waals surface area (Å²) in [4.78, 5) is 34.3. The van der Waals surface area contributed by atoms with E-state index in [0.717, 1.165) is 70.6 Å². The first-order chi connectivity index (χ1) is 23.3. The maximum absolute atomic E-state index is 12.3. The van der Waals surface area contributed by atoms with Gasteiger partial charge in [0.15, 0.2) is 0 Å². The lowest BCUT2D eigenvalue weighted by Crippen LogP contribution is -2.28. The van der Waals surface area contributed by atoms with E-state index < -0.39 is 58.4 Å². The van der Waals surface area contributed by atoms with Gasteiger partial charge in [-0.25, -0.2) is 4.57 Å². The SMILES string of the molecule is CC/C=C\C/C=C\C/C=C\CCCCCCCC(=O)OC(CO)COP(=O)(O)OCC(CO)OC(=O)CCCCCCCCCCCC. The second-order valence-corrected chi connectivity index (χ2v) is 13.6. The van der Waals surface area contributed by atoms with Gasteiger partial charge in [0.25, 0.3) is 0 Å². The number of ether oxygens (including phenoxy) is 2. The fourth-order valence-electron chi connectivity index (χ4n) is 4.77. The van der Waals surface area contributed by atoms with Crippen molar-refractivity contribution in [3.8, 4) is 0 Å². The van der Waals surface area contributed by atoms with E-state index in [1.807, 2.05) is 0 Å². The van der Waals surface area contributed by atoms with Crippen LogP contribution in [0, 0.1) is 0 Å². The van der Waals surface area contributed by atoms with Gasteiger partial charge in [-0.3, -0.25) is 18.6 Å². The van der Waals surface area contributed by atoms with Gasteiger partial charge < -0.3 is 24.6 Å². The fourth-order valence-corrected chi connectivity index (χ4v) is 5.56. The Morgan fingerprint density at radius 3 is 1.42 bits per heavy atom. The van der Waals surface area contributed by atoms with Crippen LogP contribution < -0.4 is 0 Å². The van der Waals surface area contributed by atoms with Crippen molar-refractivity contribution in [3.05, 3.63) is 36.5 Å². The van der Waals surface area contributed by atoms with Crippen molar-refractivity contribution < 1.29 is 47.8 Å². The molecule has 3 N–H and O–H groups in total. The number of esters is 2. The van der Waals surface area contributed by atoms with Crippen molar-refractivity contribution in [1.82, 2.24) is 0 Å². The molecule has 280 valence electrons. The summed E-state index contributed by atoms with van der Waals surface area (Å²) in [7, 11) is -4.63. The van der Waals surface area contributed by atoms with Crippen molar-refractivity contribution in [2.24, 2.45) is 0 Å². The molecule has 0 aromatic rings. The molecule has 0 saturated carbocycles. The van der Waals surface area contributed by atoms with E-state index in [-0.39, 0.29) is 12.8 Å². The second kappa shape index (κ2) is 33.7. The average Bonchev–Trinajstić information content (AvgIpc) is 3.07. The first-order valence-electron chi connectivity index (χ1n) is 18.4. The summed E-state index contributed by atoms with van der Waals surface area (Å²) in [6, 6.07) is 0. The van der Waals surface area contributed by atoms with Gasteiger partial charge in [-0.15, -0.1) is 0 Å². The topological polar surface area (TPSA) is 149 Å². The van der Waals surface area contributed by atoms with E-state index in [4.69, 9.17) is 18.5 Å². The van der Waals surface area contributed by atoms with E-state index in [0.29, 0.717) is 12.8 Å². The molecule has 0 amide bonds. The molecule has 10 nitrogen and oxygen atoms in total. The number of phosphoric ester groups is 1. The van der Waals surface area contributed by atoms with Gasteiger partial charge in [0.05, 0.1) is 26.4 Å². The Labute approximate surface area is 291 Å². The maximum Gasteiger partial charge on any atom is 0.472 e. The fraction of sp³-hybridized carbons (Fsp3) is 0.784. The van der Waals surface area contributed by atoms with Crippen molar-refractivity contribution in [3.63, 3.8) is 0 Å². The number of aliphatic hydroxyl groups excluding tert-OH is 2. The molecule has 0 aliphatic heterocycles. The van der Waals surface area contributed by atoms with Gasteiger partial charge >= 0.3 is 19.8 Å². The Morgan fingerprint density at radius 1 is 0.583 bits per heavy atom. The molecule has 0 radical (unpaired) electrons. The molecule has 3 unspecified atom stereocenters. The van der Waals surface area contributed by atoms with Crippen molar-refractivity contribution >= 4 is 19.8 Å². The van der Waals surface area contributed by atoms with Gasteiger partial charge in [-0.2, -0.15) is 0 Å². The lowest BCUT2D eigenvalue weighted by atomic mass is 10.1. The van der Waals surface area contributed by atoms with Crippen LogP contribution in [-0.2, 0) is 32.7 Å². The predicted octanol–water partition coefficient (Wildman–Crippen LogP) is 8.83. The van der Waals surface area contributed by atoms with Gasteiger partial charge in [0, 0.05) is 12.8 Å². The number of hydrogen-bond donors (Lipinski definition) is 3. The van der Waals surface area contributed by atoms with Crippen LogP contribution in [-0.4, -0.2) is 65.7 Å². The molecule has 0 rings (SSSR count). The smallest absolute Gasteiger partial charge is 0.457 e. The highest BCUT2D eigenvalue weighted by Gasteiger charge is 2.27. The Kier molecular flexibility index (Phi) is 32.4. The zero-order valence-corrected chi connectivity index (χ0v) is 30.8. The van der Waals surface area contributed by atoms with Crippen molar-refractivity contribution in [1.29, 1.82) is 0 Å². The molecule has 0 bridgehead atoms. The third kappa shape index (κ3) is 31.5. The lowest BCUT2D eigenvalue weighted by molar-refractivity contribution is -0.153. The van der Waals surface area contributed by atoms with Crippen LogP contribution in [0.4, 0.5) is 0 Å². The monoisotopic (exact) mass is 702 g/mol. The number of unbranched alkanes of at least 4 members (excludes halogenated alkanes) is 14. The molecule has 0 spiro atoms. The number of hydrogen-bond acceptors (Lipinski definition) is 9. The van der Waals surface area contributed by atoms with Crippen LogP contribution in [0.5, 0.6) is 0 Å². The van der Waals surface area contributed by atoms with E-state index >= 15 is 0 Å². The highest BCUT2D eigenvalue weighted by molar-refractivity contribution is 7.47. The van der Waals surface area contributed by atoms with Crippen molar-refractivity contribution in [2.75, 3.05) is 26.4 Å². The summed E-state index contributed by atoms with van der Waals surface area (Å²) in [6.45, 7) is 2.03. The molecule has 0 aromatic heterocycles. The largest absolute Gasteiger partial charge is 0.472 e. The Morgan fingerprint density at radius 2 is 0.979 bits per heavy atom. The van der Waals surface area contributed by atoms with Gasteiger partial charge in [-0.05, 0) is 44.9 Å². The zero-order valence-electron chi connectivity index (χ0n) is 29.9. The standard InChI is InChI=1S/C37H67O10P/c1-3-5-7-9-11-13-15-16-17-18-19-21-23-25-27-29-37(41)47-35(31-39)33-45-48(42,43)44-32-34(30-38)46-36(40)28-26-24-22-20-14-12-10-8-6-4-2/h5,7,11,13,16-17,34-35,38-39H,3-4,6,8-10,12,14-15,18-33H2,1-2H3,(H,42,43)/b7-5-,13-11-,17-16-. The summed E-state index contributed by atoms with van der Waals surface area (Å²) >= 11 is 0. The van der Waals surface area contributed by atoms with Crippen LogP contribution in [0.25, 0.3) is 0 Å². The van der Waals surface area contributed by atoms with Crippen LogP contribution in [0.15, 0.2) is 36.5 Å². The van der Waals surface area contributed by atoms with Crippen LogP contribution >= 0.6 is 7.82 Å². The molecular formula is C37H67O10P. The number of carbonyl (C=O) groups excluding carboxylic acids is 2. The minimum atomic E-state index is -4.63. The molecular weight excluding hydrogens is 635 g/mol. The highest BCUT2D eigenvalue weighted by atomic mass is 31.2. The number of aliphatic hydroxyl groups is 2. The van der Waals surface area contributed by atoms with Gasteiger partial charge in [-0.1, -0.05) is 127 Å². The molecule has 0 aliphatic rings. The van der Waals surface area contributed by atoms with E-state index in [1.54, 1.807) is 0 Å². The molecule has 0 fully saturated rings.